The molecule has 4 rings (SSSR count). The minimum atomic E-state index is -1.12. The molecule has 2 unspecified atom stereocenters. The molecule has 0 aliphatic heterocycles. The van der Waals surface area contributed by atoms with Crippen molar-refractivity contribution < 1.29 is 24.0 Å². The number of carbonyl (C=O) groups is 5. The fourth-order valence-electron chi connectivity index (χ4n) is 4.70. The predicted molar refractivity (Wildman–Crippen MR) is 132 cm³/mol. The van der Waals surface area contributed by atoms with E-state index in [4.69, 9.17) is 0 Å². The quantitative estimate of drug-likeness (QED) is 0.380. The second kappa shape index (κ2) is 10.0. The Kier molecular flexibility index (Phi) is 6.87. The van der Waals surface area contributed by atoms with E-state index < -0.39 is 23.4 Å². The van der Waals surface area contributed by atoms with E-state index in [1.165, 1.54) is 11.8 Å². The van der Waals surface area contributed by atoms with Gasteiger partial charge in [0.2, 0.25) is 0 Å². The fraction of sp³-hybridized carbons (Fsp3) is 0.250. The SMILES string of the molecule is CC(=O)C(CCC=O)C1C(=O)c2cccc(CN(C)C(=O)Nc3ccc4ccccc4c3)c2C1=O. The highest BCUT2D eigenvalue weighted by Crippen LogP contribution is 2.36. The molecule has 2 atom stereocenters. The third kappa shape index (κ3) is 4.75. The van der Waals surface area contributed by atoms with E-state index in [9.17, 15) is 24.0 Å². The van der Waals surface area contributed by atoms with Crippen LogP contribution in [-0.2, 0) is 16.1 Å². The summed E-state index contributed by atoms with van der Waals surface area (Å²) in [5.74, 6) is -3.08. The molecule has 1 aliphatic carbocycles. The Labute approximate surface area is 203 Å². The third-order valence-corrected chi connectivity index (χ3v) is 6.50. The molecule has 3 aromatic rings. The van der Waals surface area contributed by atoms with Crippen molar-refractivity contribution in [2.24, 2.45) is 11.8 Å². The second-order valence-corrected chi connectivity index (χ2v) is 8.86. The third-order valence-electron chi connectivity index (χ3n) is 6.50. The maximum atomic E-state index is 13.3. The molecular weight excluding hydrogens is 444 g/mol. The van der Waals surface area contributed by atoms with Crippen LogP contribution in [0.1, 0.15) is 46.0 Å². The van der Waals surface area contributed by atoms with Crippen molar-refractivity contribution in [3.63, 3.8) is 0 Å². The minimum absolute atomic E-state index is 0.0994. The summed E-state index contributed by atoms with van der Waals surface area (Å²) in [7, 11) is 1.61. The minimum Gasteiger partial charge on any atom is -0.323 e. The van der Waals surface area contributed by atoms with E-state index in [-0.39, 0.29) is 42.3 Å². The summed E-state index contributed by atoms with van der Waals surface area (Å²) in [4.78, 5) is 63.7. The molecule has 0 aromatic heterocycles. The largest absolute Gasteiger partial charge is 0.323 e. The lowest BCUT2D eigenvalue weighted by atomic mass is 9.82. The van der Waals surface area contributed by atoms with Crippen molar-refractivity contribution in [3.05, 3.63) is 77.4 Å². The van der Waals surface area contributed by atoms with Crippen molar-refractivity contribution in [2.75, 3.05) is 12.4 Å². The van der Waals surface area contributed by atoms with Gasteiger partial charge in [0, 0.05) is 42.7 Å². The molecule has 0 heterocycles. The summed E-state index contributed by atoms with van der Waals surface area (Å²) in [6, 6.07) is 18.1. The molecule has 2 amide bonds. The van der Waals surface area contributed by atoms with Gasteiger partial charge >= 0.3 is 6.03 Å². The number of aldehydes is 1. The number of hydrogen-bond donors (Lipinski definition) is 1. The van der Waals surface area contributed by atoms with Gasteiger partial charge in [-0.3, -0.25) is 14.4 Å². The number of Topliss-reactive ketones (excluding diaryl/α,β-unsaturated/α-hetero) is 3. The zero-order chi connectivity index (χ0) is 25.1. The number of carbonyl (C=O) groups excluding carboxylic acids is 5. The van der Waals surface area contributed by atoms with Crippen LogP contribution < -0.4 is 5.32 Å². The van der Waals surface area contributed by atoms with E-state index in [1.807, 2.05) is 42.5 Å². The van der Waals surface area contributed by atoms with Gasteiger partial charge in [-0.25, -0.2) is 4.79 Å². The van der Waals surface area contributed by atoms with Crippen LogP contribution in [0.4, 0.5) is 10.5 Å². The van der Waals surface area contributed by atoms with Gasteiger partial charge in [0.1, 0.15) is 12.1 Å². The lowest BCUT2D eigenvalue weighted by molar-refractivity contribution is -0.121. The zero-order valence-electron chi connectivity index (χ0n) is 19.6. The zero-order valence-corrected chi connectivity index (χ0v) is 19.6. The molecule has 1 aliphatic rings. The highest BCUT2D eigenvalue weighted by molar-refractivity contribution is 6.28. The first kappa shape index (κ1) is 24.0. The summed E-state index contributed by atoms with van der Waals surface area (Å²) in [6.07, 6.45) is 0.933. The number of anilines is 1. The number of fused-ring (bicyclic) bond motifs is 2. The molecule has 3 aromatic carbocycles. The van der Waals surface area contributed by atoms with Crippen LogP contribution in [-0.4, -0.2) is 41.6 Å². The summed E-state index contributed by atoms with van der Waals surface area (Å²) < 4.78 is 0. The molecule has 0 saturated carbocycles. The molecule has 0 bridgehead atoms. The number of nitrogens with one attached hydrogen (secondary N) is 1. The predicted octanol–water partition coefficient (Wildman–Crippen LogP) is 4.68. The van der Waals surface area contributed by atoms with Gasteiger partial charge in [-0.2, -0.15) is 0 Å². The summed E-state index contributed by atoms with van der Waals surface area (Å²) in [5.41, 5.74) is 1.70. The van der Waals surface area contributed by atoms with Crippen molar-refractivity contribution in [1.82, 2.24) is 4.90 Å². The summed E-state index contributed by atoms with van der Waals surface area (Å²) >= 11 is 0. The maximum absolute atomic E-state index is 13.3. The highest BCUT2D eigenvalue weighted by atomic mass is 16.2. The van der Waals surface area contributed by atoms with Crippen molar-refractivity contribution in [3.8, 4) is 0 Å². The molecule has 178 valence electrons. The average Bonchev–Trinajstić information content (AvgIpc) is 3.10. The first-order chi connectivity index (χ1) is 16.8. The number of nitrogens with zero attached hydrogens (tertiary/aromatic N) is 1. The number of urea groups is 1. The smallest absolute Gasteiger partial charge is 0.321 e. The molecule has 1 N–H and O–H groups in total. The molecule has 7 nitrogen and oxygen atoms in total. The second-order valence-electron chi connectivity index (χ2n) is 8.86. The molecule has 7 heteroatoms. The number of hydrogen-bond acceptors (Lipinski definition) is 5. The number of ketones is 3. The van der Waals surface area contributed by atoms with Crippen LogP contribution in [0.2, 0.25) is 0 Å². The van der Waals surface area contributed by atoms with Gasteiger partial charge < -0.3 is 15.0 Å². The Morgan fingerprint density at radius 1 is 1.00 bits per heavy atom. The van der Waals surface area contributed by atoms with Crippen molar-refractivity contribution in [2.45, 2.75) is 26.3 Å². The Morgan fingerprint density at radius 3 is 2.46 bits per heavy atom. The van der Waals surface area contributed by atoms with Crippen molar-refractivity contribution >= 4 is 46.1 Å². The standard InChI is InChI=1S/C28H26N2O5/c1-17(32)22(11-6-14-31)25-26(33)23-10-5-9-20(24(23)27(25)34)16-30(2)28(35)29-21-13-12-18-7-3-4-8-19(18)15-21/h3-5,7-10,12-15,22,25H,6,11,16H2,1-2H3,(H,29,35). The van der Waals surface area contributed by atoms with Crippen LogP contribution in [0.25, 0.3) is 10.8 Å². The Morgan fingerprint density at radius 2 is 1.74 bits per heavy atom. The number of amides is 2. The van der Waals surface area contributed by atoms with Crippen LogP contribution in [0.5, 0.6) is 0 Å². The maximum Gasteiger partial charge on any atom is 0.321 e. The van der Waals surface area contributed by atoms with Crippen LogP contribution in [0, 0.1) is 11.8 Å². The number of benzene rings is 3. The highest BCUT2D eigenvalue weighted by Gasteiger charge is 2.45. The first-order valence-corrected chi connectivity index (χ1v) is 11.5. The van der Waals surface area contributed by atoms with E-state index in [0.29, 0.717) is 17.5 Å². The van der Waals surface area contributed by atoms with E-state index in [2.05, 4.69) is 5.32 Å². The van der Waals surface area contributed by atoms with E-state index in [0.717, 1.165) is 10.8 Å². The monoisotopic (exact) mass is 470 g/mol. The summed E-state index contributed by atoms with van der Waals surface area (Å²) in [6.45, 7) is 1.44. The van der Waals surface area contributed by atoms with Gasteiger partial charge in [-0.1, -0.05) is 48.5 Å². The molecule has 0 spiro atoms. The lowest BCUT2D eigenvalue weighted by Gasteiger charge is -2.20. The molecule has 0 radical (unpaired) electrons. The van der Waals surface area contributed by atoms with Crippen LogP contribution in [0.3, 0.4) is 0 Å². The Hall–Kier alpha value is -4.13. The van der Waals surface area contributed by atoms with Crippen molar-refractivity contribution in [1.29, 1.82) is 0 Å². The fourth-order valence-corrected chi connectivity index (χ4v) is 4.70. The Bertz CT molecular complexity index is 1350. The molecule has 35 heavy (non-hydrogen) atoms. The first-order valence-electron chi connectivity index (χ1n) is 11.5. The van der Waals surface area contributed by atoms with Gasteiger partial charge in [-0.15, -0.1) is 0 Å². The van der Waals surface area contributed by atoms with Crippen LogP contribution >= 0.6 is 0 Å². The van der Waals surface area contributed by atoms with Gasteiger partial charge in [0.15, 0.2) is 11.6 Å². The molecular formula is C28H26N2O5. The number of rotatable bonds is 8. The normalized spacial score (nSPS) is 15.5. The van der Waals surface area contributed by atoms with E-state index >= 15 is 0 Å². The van der Waals surface area contributed by atoms with Crippen LogP contribution in [0.15, 0.2) is 60.7 Å². The lowest BCUT2D eigenvalue weighted by Crippen LogP contribution is -2.32. The van der Waals surface area contributed by atoms with Gasteiger partial charge in [0.05, 0.1) is 5.92 Å². The van der Waals surface area contributed by atoms with Gasteiger partial charge in [-0.05, 0) is 41.8 Å². The molecule has 0 saturated heterocycles. The van der Waals surface area contributed by atoms with E-state index in [1.54, 1.807) is 25.2 Å². The molecule has 0 fully saturated rings. The topological polar surface area (TPSA) is 101 Å². The average molecular weight is 471 g/mol. The summed E-state index contributed by atoms with van der Waals surface area (Å²) in [5, 5.41) is 4.93. The Balaban J connectivity index is 1.54. The van der Waals surface area contributed by atoms with Gasteiger partial charge in [0.25, 0.3) is 0 Å².